The molecule has 0 N–H and O–H groups in total. The van der Waals surface area contributed by atoms with Gasteiger partial charge in [-0.25, -0.2) is 0 Å². The maximum Gasteiger partial charge on any atom is 0.0697 e. The van der Waals surface area contributed by atoms with Crippen LogP contribution in [0.15, 0.2) is 0 Å². The summed E-state index contributed by atoms with van der Waals surface area (Å²) in [4.78, 5) is 0. The molecule has 0 saturated carbocycles. The summed E-state index contributed by atoms with van der Waals surface area (Å²) in [5, 5.41) is 0. The molecule has 0 nitrogen and oxygen atoms in total. The number of rotatable bonds is 6. The Bertz CT molecular complexity index is 62.3. The summed E-state index contributed by atoms with van der Waals surface area (Å²) < 4.78 is 0.514. The van der Waals surface area contributed by atoms with Crippen LogP contribution < -0.4 is 0 Å². The monoisotopic (exact) mass is 269 g/mol. The Morgan fingerprint density at radius 3 is 2.10 bits per heavy atom. The van der Waals surface area contributed by atoms with Crippen LogP contribution in [0.5, 0.6) is 0 Å². The van der Waals surface area contributed by atoms with Crippen LogP contribution in [0, 0.1) is 6.92 Å². The first kappa shape index (κ1) is 11.0. The fourth-order valence-electron chi connectivity index (χ4n) is 0.829. The highest BCUT2D eigenvalue weighted by Gasteiger charge is 1.95. The number of alkyl halides is 2. The second-order valence-electron chi connectivity index (χ2n) is 2.45. The molecule has 0 spiro atoms. The minimum Gasteiger partial charge on any atom is -0.0765 e. The van der Waals surface area contributed by atoms with Crippen LogP contribution in [0.2, 0.25) is 0 Å². The van der Waals surface area contributed by atoms with Crippen molar-refractivity contribution >= 4 is 31.9 Å². The predicted octanol–water partition coefficient (Wildman–Crippen LogP) is 4.28. The Kier molecular flexibility index (Phi) is 8.83. The molecule has 0 aromatic carbocycles. The van der Waals surface area contributed by atoms with E-state index in [4.69, 9.17) is 0 Å². The molecule has 2 heteroatoms. The van der Waals surface area contributed by atoms with Crippen LogP contribution in [-0.2, 0) is 0 Å². The third kappa shape index (κ3) is 8.96. The first-order valence-electron chi connectivity index (χ1n) is 3.84. The largest absolute Gasteiger partial charge is 0.0765 e. The fourth-order valence-corrected chi connectivity index (χ4v) is 1.48. The second kappa shape index (κ2) is 8.06. The first-order valence-corrected chi connectivity index (χ1v) is 5.68. The highest BCUT2D eigenvalue weighted by Crippen LogP contribution is 2.16. The van der Waals surface area contributed by atoms with Crippen molar-refractivity contribution in [1.29, 1.82) is 0 Å². The molecule has 0 amide bonds. The lowest BCUT2D eigenvalue weighted by Crippen LogP contribution is -1.85. The van der Waals surface area contributed by atoms with E-state index in [0.717, 1.165) is 6.42 Å². The topological polar surface area (TPSA) is 0 Å². The lowest BCUT2D eigenvalue weighted by atomic mass is 10.1. The van der Waals surface area contributed by atoms with Gasteiger partial charge in [0.25, 0.3) is 0 Å². The van der Waals surface area contributed by atoms with E-state index < -0.39 is 0 Å². The van der Waals surface area contributed by atoms with Gasteiger partial charge in [-0.1, -0.05) is 70.9 Å². The molecule has 61 valence electrons. The van der Waals surface area contributed by atoms with E-state index in [1.807, 2.05) is 0 Å². The Balaban J connectivity index is 2.77. The molecular formula is C8H15Br2. The molecular weight excluding hydrogens is 256 g/mol. The van der Waals surface area contributed by atoms with Gasteiger partial charge in [-0.2, -0.15) is 0 Å². The van der Waals surface area contributed by atoms with Crippen molar-refractivity contribution in [2.45, 2.75) is 42.3 Å². The Labute approximate surface area is 81.0 Å². The predicted molar refractivity (Wildman–Crippen MR) is 54.7 cm³/mol. The minimum absolute atomic E-state index is 0.514. The number of hydrogen-bond acceptors (Lipinski definition) is 0. The lowest BCUT2D eigenvalue weighted by Gasteiger charge is -2.00. The molecule has 10 heavy (non-hydrogen) atoms. The van der Waals surface area contributed by atoms with Crippen LogP contribution in [0.25, 0.3) is 0 Å². The maximum atomic E-state index is 3.80. The molecule has 0 rings (SSSR count). The van der Waals surface area contributed by atoms with E-state index in [1.165, 1.54) is 32.1 Å². The number of halogens is 2. The van der Waals surface area contributed by atoms with Crippen molar-refractivity contribution in [1.82, 2.24) is 0 Å². The van der Waals surface area contributed by atoms with Crippen LogP contribution in [0.3, 0.4) is 0 Å². The highest BCUT2D eigenvalue weighted by atomic mass is 79.9. The molecule has 0 aromatic heterocycles. The summed E-state index contributed by atoms with van der Waals surface area (Å²) >= 11 is 6.90. The summed E-state index contributed by atoms with van der Waals surface area (Å²) in [5.74, 6) is 0. The van der Waals surface area contributed by atoms with E-state index in [0.29, 0.717) is 3.74 Å². The molecule has 0 aliphatic heterocycles. The summed E-state index contributed by atoms with van der Waals surface area (Å²) in [5.41, 5.74) is 0. The maximum absolute atomic E-state index is 3.80. The number of unbranched alkanes of at least 4 members (excludes halogenated alkanes) is 4. The molecule has 0 bridgehead atoms. The van der Waals surface area contributed by atoms with Crippen molar-refractivity contribution in [2.24, 2.45) is 0 Å². The normalized spacial score (nSPS) is 10.8. The van der Waals surface area contributed by atoms with Crippen molar-refractivity contribution in [3.63, 3.8) is 0 Å². The van der Waals surface area contributed by atoms with Crippen LogP contribution in [0.4, 0.5) is 0 Å². The minimum atomic E-state index is 0.514. The SMILES string of the molecule is [CH2]CCCCCCC(Br)Br. The van der Waals surface area contributed by atoms with Gasteiger partial charge in [0.1, 0.15) is 0 Å². The molecule has 0 atom stereocenters. The summed E-state index contributed by atoms with van der Waals surface area (Å²) in [6.07, 6.45) is 7.62. The zero-order valence-corrected chi connectivity index (χ0v) is 9.46. The zero-order chi connectivity index (χ0) is 7.82. The van der Waals surface area contributed by atoms with Crippen LogP contribution in [-0.4, -0.2) is 3.74 Å². The van der Waals surface area contributed by atoms with Crippen molar-refractivity contribution in [3.8, 4) is 0 Å². The van der Waals surface area contributed by atoms with E-state index in [9.17, 15) is 0 Å². The van der Waals surface area contributed by atoms with Gasteiger partial charge in [0.2, 0.25) is 0 Å². The fraction of sp³-hybridized carbons (Fsp3) is 0.875. The van der Waals surface area contributed by atoms with E-state index >= 15 is 0 Å². The average Bonchev–Trinajstić information content (AvgIpc) is 1.87. The van der Waals surface area contributed by atoms with Gasteiger partial charge >= 0.3 is 0 Å². The third-order valence-electron chi connectivity index (χ3n) is 1.42. The van der Waals surface area contributed by atoms with Gasteiger partial charge in [0, 0.05) is 0 Å². The molecule has 0 aromatic rings. The Morgan fingerprint density at radius 1 is 1.00 bits per heavy atom. The summed E-state index contributed by atoms with van der Waals surface area (Å²) in [6.45, 7) is 3.80. The summed E-state index contributed by atoms with van der Waals surface area (Å²) in [7, 11) is 0. The quantitative estimate of drug-likeness (QED) is 0.499. The Morgan fingerprint density at radius 2 is 1.60 bits per heavy atom. The van der Waals surface area contributed by atoms with Crippen molar-refractivity contribution in [2.75, 3.05) is 0 Å². The summed E-state index contributed by atoms with van der Waals surface area (Å²) in [6, 6.07) is 0. The van der Waals surface area contributed by atoms with Gasteiger partial charge in [-0.3, -0.25) is 0 Å². The van der Waals surface area contributed by atoms with Gasteiger partial charge < -0.3 is 0 Å². The Hall–Kier alpha value is 0.960. The lowest BCUT2D eigenvalue weighted by molar-refractivity contribution is 0.636. The molecule has 0 aliphatic carbocycles. The van der Waals surface area contributed by atoms with Crippen molar-refractivity contribution < 1.29 is 0 Å². The number of hydrogen-bond donors (Lipinski definition) is 0. The van der Waals surface area contributed by atoms with E-state index in [2.05, 4.69) is 38.8 Å². The van der Waals surface area contributed by atoms with Gasteiger partial charge in [-0.05, 0) is 6.42 Å². The van der Waals surface area contributed by atoms with Crippen LogP contribution in [0.1, 0.15) is 38.5 Å². The average molecular weight is 271 g/mol. The molecule has 1 radical (unpaired) electrons. The first-order chi connectivity index (χ1) is 4.77. The van der Waals surface area contributed by atoms with E-state index in [1.54, 1.807) is 0 Å². The second-order valence-corrected chi connectivity index (χ2v) is 5.89. The smallest absolute Gasteiger partial charge is 0.0697 e. The third-order valence-corrected chi connectivity index (χ3v) is 2.34. The van der Waals surface area contributed by atoms with Gasteiger partial charge in [0.15, 0.2) is 0 Å². The zero-order valence-electron chi connectivity index (χ0n) is 6.28. The van der Waals surface area contributed by atoms with Crippen LogP contribution >= 0.6 is 31.9 Å². The molecule has 0 heterocycles. The molecule has 0 unspecified atom stereocenters. The standard InChI is InChI=1S/C8H15Br2/c1-2-3-4-5-6-7-8(9)10/h8H,1-7H2. The van der Waals surface area contributed by atoms with Crippen molar-refractivity contribution in [3.05, 3.63) is 6.92 Å². The molecule has 0 fully saturated rings. The van der Waals surface area contributed by atoms with E-state index in [-0.39, 0.29) is 0 Å². The highest BCUT2D eigenvalue weighted by molar-refractivity contribution is 9.24. The van der Waals surface area contributed by atoms with Gasteiger partial charge in [-0.15, -0.1) is 0 Å². The van der Waals surface area contributed by atoms with Gasteiger partial charge in [0.05, 0.1) is 3.74 Å². The molecule has 0 saturated heterocycles. The molecule has 0 aliphatic rings.